The zero-order chi connectivity index (χ0) is 14.7. The summed E-state index contributed by atoms with van der Waals surface area (Å²) in [6, 6.07) is 0. The SMILES string of the molecule is CCC1(C(=O)OC)CCCN(C(=O)OC(C)(C)C)C1. The molecule has 0 aromatic carbocycles. The molecule has 0 saturated carbocycles. The molecule has 0 aromatic heterocycles. The van der Waals surface area contributed by atoms with Gasteiger partial charge in [0.1, 0.15) is 5.60 Å². The van der Waals surface area contributed by atoms with Crippen molar-refractivity contribution >= 4 is 12.1 Å². The molecule has 0 aliphatic carbocycles. The first-order chi connectivity index (χ1) is 8.74. The smallest absolute Gasteiger partial charge is 0.410 e. The molecular formula is C14H25NO4. The Hall–Kier alpha value is -1.26. The number of ether oxygens (including phenoxy) is 2. The monoisotopic (exact) mass is 271 g/mol. The van der Waals surface area contributed by atoms with Crippen LogP contribution in [0.5, 0.6) is 0 Å². The second-order valence-corrected chi connectivity index (χ2v) is 6.13. The maximum absolute atomic E-state index is 12.1. The topological polar surface area (TPSA) is 55.8 Å². The minimum absolute atomic E-state index is 0.233. The maximum atomic E-state index is 12.1. The molecule has 19 heavy (non-hydrogen) atoms. The van der Waals surface area contributed by atoms with Crippen molar-refractivity contribution < 1.29 is 19.1 Å². The van der Waals surface area contributed by atoms with Gasteiger partial charge in [0.05, 0.1) is 12.5 Å². The molecule has 1 atom stereocenters. The Bertz CT molecular complexity index is 348. The molecule has 110 valence electrons. The first-order valence-electron chi connectivity index (χ1n) is 6.80. The van der Waals surface area contributed by atoms with Crippen LogP contribution in [0.15, 0.2) is 0 Å². The maximum Gasteiger partial charge on any atom is 0.410 e. The van der Waals surface area contributed by atoms with E-state index >= 15 is 0 Å². The standard InChI is InChI=1S/C14H25NO4/c1-6-14(11(16)18-5)8-7-9-15(10-14)12(17)19-13(2,3)4/h6-10H2,1-5H3. The van der Waals surface area contributed by atoms with Gasteiger partial charge in [-0.3, -0.25) is 4.79 Å². The van der Waals surface area contributed by atoms with Crippen LogP contribution in [0.3, 0.4) is 0 Å². The molecule has 0 bridgehead atoms. The number of likely N-dealkylation sites (tertiary alicyclic amines) is 1. The van der Waals surface area contributed by atoms with Crippen LogP contribution >= 0.6 is 0 Å². The first-order valence-corrected chi connectivity index (χ1v) is 6.80. The molecule has 0 N–H and O–H groups in total. The number of hydrogen-bond acceptors (Lipinski definition) is 4. The van der Waals surface area contributed by atoms with E-state index in [1.807, 2.05) is 27.7 Å². The molecule has 1 fully saturated rings. The molecule has 1 unspecified atom stereocenters. The highest BCUT2D eigenvalue weighted by atomic mass is 16.6. The largest absolute Gasteiger partial charge is 0.469 e. The predicted octanol–water partition coefficient (Wildman–Crippen LogP) is 2.59. The van der Waals surface area contributed by atoms with E-state index in [0.717, 1.165) is 12.8 Å². The Labute approximate surface area is 115 Å². The first kappa shape index (κ1) is 15.8. The summed E-state index contributed by atoms with van der Waals surface area (Å²) in [7, 11) is 1.40. The van der Waals surface area contributed by atoms with Crippen LogP contribution in [0.1, 0.15) is 47.0 Å². The Morgan fingerprint density at radius 2 is 1.95 bits per heavy atom. The Morgan fingerprint density at radius 3 is 2.42 bits per heavy atom. The highest BCUT2D eigenvalue weighted by Crippen LogP contribution is 2.35. The second kappa shape index (κ2) is 5.80. The summed E-state index contributed by atoms with van der Waals surface area (Å²) in [5.74, 6) is -0.233. The van der Waals surface area contributed by atoms with Gasteiger partial charge in [-0.15, -0.1) is 0 Å². The number of esters is 1. The molecule has 1 saturated heterocycles. The van der Waals surface area contributed by atoms with Crippen LogP contribution < -0.4 is 0 Å². The molecule has 5 nitrogen and oxygen atoms in total. The van der Waals surface area contributed by atoms with Crippen LogP contribution in [0.4, 0.5) is 4.79 Å². The average Bonchev–Trinajstić information content (AvgIpc) is 2.35. The lowest BCUT2D eigenvalue weighted by Crippen LogP contribution is -2.51. The zero-order valence-electron chi connectivity index (χ0n) is 12.6. The molecule has 0 radical (unpaired) electrons. The van der Waals surface area contributed by atoms with Crippen LogP contribution in [-0.4, -0.2) is 42.8 Å². The summed E-state index contributed by atoms with van der Waals surface area (Å²) in [5.41, 5.74) is -1.10. The third-order valence-electron chi connectivity index (χ3n) is 3.52. The van der Waals surface area contributed by atoms with Crippen molar-refractivity contribution in [1.29, 1.82) is 0 Å². The summed E-state index contributed by atoms with van der Waals surface area (Å²) < 4.78 is 10.3. The van der Waals surface area contributed by atoms with Gasteiger partial charge in [0.2, 0.25) is 0 Å². The summed E-state index contributed by atoms with van der Waals surface area (Å²) in [6.07, 6.45) is 1.87. The predicted molar refractivity (Wildman–Crippen MR) is 71.8 cm³/mol. The Morgan fingerprint density at radius 1 is 1.32 bits per heavy atom. The van der Waals surface area contributed by atoms with Gasteiger partial charge < -0.3 is 14.4 Å². The molecule has 1 heterocycles. The Balaban J connectivity index is 2.78. The molecular weight excluding hydrogens is 246 g/mol. The summed E-state index contributed by atoms with van der Waals surface area (Å²) in [5, 5.41) is 0. The average molecular weight is 271 g/mol. The minimum atomic E-state index is -0.579. The van der Waals surface area contributed by atoms with Gasteiger partial charge in [-0.2, -0.15) is 0 Å². The van der Waals surface area contributed by atoms with E-state index < -0.39 is 11.0 Å². The fourth-order valence-electron chi connectivity index (χ4n) is 2.43. The van der Waals surface area contributed by atoms with Gasteiger partial charge >= 0.3 is 12.1 Å². The number of nitrogens with zero attached hydrogens (tertiary/aromatic N) is 1. The van der Waals surface area contributed by atoms with E-state index in [1.165, 1.54) is 7.11 Å². The van der Waals surface area contributed by atoms with Crippen molar-refractivity contribution in [2.75, 3.05) is 20.2 Å². The van der Waals surface area contributed by atoms with Gasteiger partial charge in [0.15, 0.2) is 0 Å². The molecule has 1 amide bonds. The van der Waals surface area contributed by atoms with Crippen molar-refractivity contribution in [2.24, 2.45) is 5.41 Å². The van der Waals surface area contributed by atoms with Crippen LogP contribution in [0, 0.1) is 5.41 Å². The van der Waals surface area contributed by atoms with Crippen LogP contribution in [0.2, 0.25) is 0 Å². The van der Waals surface area contributed by atoms with Gasteiger partial charge in [-0.1, -0.05) is 6.92 Å². The summed E-state index contributed by atoms with van der Waals surface area (Å²) in [6.45, 7) is 8.47. The van der Waals surface area contributed by atoms with E-state index in [9.17, 15) is 9.59 Å². The van der Waals surface area contributed by atoms with Gasteiger partial charge in [-0.05, 0) is 40.0 Å². The van der Waals surface area contributed by atoms with E-state index in [-0.39, 0.29) is 12.1 Å². The van der Waals surface area contributed by atoms with Crippen molar-refractivity contribution in [1.82, 2.24) is 4.90 Å². The number of hydrogen-bond donors (Lipinski definition) is 0. The van der Waals surface area contributed by atoms with Gasteiger partial charge in [-0.25, -0.2) is 4.79 Å². The van der Waals surface area contributed by atoms with Gasteiger partial charge in [0.25, 0.3) is 0 Å². The van der Waals surface area contributed by atoms with Crippen molar-refractivity contribution in [3.05, 3.63) is 0 Å². The fraction of sp³-hybridized carbons (Fsp3) is 0.857. The van der Waals surface area contributed by atoms with Crippen molar-refractivity contribution in [2.45, 2.75) is 52.6 Å². The van der Waals surface area contributed by atoms with Crippen molar-refractivity contribution in [3.63, 3.8) is 0 Å². The third kappa shape index (κ3) is 3.85. The highest BCUT2D eigenvalue weighted by Gasteiger charge is 2.43. The number of rotatable bonds is 2. The van der Waals surface area contributed by atoms with Gasteiger partial charge in [0, 0.05) is 13.1 Å². The highest BCUT2D eigenvalue weighted by molar-refractivity contribution is 5.78. The fourth-order valence-corrected chi connectivity index (χ4v) is 2.43. The Kier molecular flexibility index (Phi) is 4.82. The lowest BCUT2D eigenvalue weighted by molar-refractivity contribution is -0.156. The number of piperidine rings is 1. The zero-order valence-corrected chi connectivity index (χ0v) is 12.6. The van der Waals surface area contributed by atoms with Crippen LogP contribution in [0.25, 0.3) is 0 Å². The molecule has 0 spiro atoms. The van der Waals surface area contributed by atoms with E-state index in [0.29, 0.717) is 19.5 Å². The lowest BCUT2D eigenvalue weighted by atomic mass is 9.78. The number of amides is 1. The number of carbonyl (C=O) groups excluding carboxylic acids is 2. The molecule has 1 aliphatic heterocycles. The molecule has 5 heteroatoms. The van der Waals surface area contributed by atoms with E-state index in [2.05, 4.69) is 0 Å². The van der Waals surface area contributed by atoms with Crippen LogP contribution in [-0.2, 0) is 14.3 Å². The molecule has 1 rings (SSSR count). The summed E-state index contributed by atoms with van der Waals surface area (Å²) >= 11 is 0. The quantitative estimate of drug-likeness (QED) is 0.724. The normalized spacial score (nSPS) is 23.9. The third-order valence-corrected chi connectivity index (χ3v) is 3.52. The molecule has 1 aliphatic rings. The number of methoxy groups -OCH3 is 1. The second-order valence-electron chi connectivity index (χ2n) is 6.13. The lowest BCUT2D eigenvalue weighted by Gasteiger charge is -2.40. The minimum Gasteiger partial charge on any atom is -0.469 e. The summed E-state index contributed by atoms with van der Waals surface area (Å²) in [4.78, 5) is 25.7. The molecule has 0 aromatic rings. The van der Waals surface area contributed by atoms with E-state index in [4.69, 9.17) is 9.47 Å². The van der Waals surface area contributed by atoms with Crippen molar-refractivity contribution in [3.8, 4) is 0 Å². The van der Waals surface area contributed by atoms with E-state index in [1.54, 1.807) is 4.90 Å². The number of carbonyl (C=O) groups is 2.